The minimum absolute atomic E-state index is 0.0891. The molecule has 0 aliphatic heterocycles. The Morgan fingerprint density at radius 3 is 2.66 bits per heavy atom. The van der Waals surface area contributed by atoms with Crippen LogP contribution in [0.4, 0.5) is 11.4 Å². The van der Waals surface area contributed by atoms with Crippen molar-refractivity contribution in [1.29, 1.82) is 0 Å². The lowest BCUT2D eigenvalue weighted by Gasteiger charge is -2.17. The SMILES string of the molecule is CCn1nc(-c2cccs2)c(C(=O)OCc2ccccc2)c(Nc2cnccc2C)c1=O. The van der Waals surface area contributed by atoms with Crippen LogP contribution in [0.15, 0.2) is 71.1 Å². The zero-order chi connectivity index (χ0) is 22.5. The molecule has 0 bridgehead atoms. The maximum absolute atomic E-state index is 13.3. The molecule has 0 spiro atoms. The summed E-state index contributed by atoms with van der Waals surface area (Å²) in [6.45, 7) is 4.18. The molecule has 162 valence electrons. The van der Waals surface area contributed by atoms with E-state index in [0.717, 1.165) is 16.0 Å². The van der Waals surface area contributed by atoms with Crippen molar-refractivity contribution in [3.8, 4) is 10.6 Å². The van der Waals surface area contributed by atoms with Crippen molar-refractivity contribution < 1.29 is 9.53 Å². The Morgan fingerprint density at radius 1 is 1.16 bits per heavy atom. The predicted octanol–water partition coefficient (Wildman–Crippen LogP) is 4.80. The molecule has 0 saturated heterocycles. The van der Waals surface area contributed by atoms with Gasteiger partial charge in [-0.1, -0.05) is 36.4 Å². The number of hydrogen-bond acceptors (Lipinski definition) is 7. The van der Waals surface area contributed by atoms with Gasteiger partial charge < -0.3 is 10.1 Å². The van der Waals surface area contributed by atoms with Gasteiger partial charge in [0.15, 0.2) is 0 Å². The van der Waals surface area contributed by atoms with Crippen LogP contribution in [0.2, 0.25) is 0 Å². The number of hydrogen-bond donors (Lipinski definition) is 1. The number of anilines is 2. The Hall–Kier alpha value is -3.78. The van der Waals surface area contributed by atoms with E-state index < -0.39 is 11.5 Å². The van der Waals surface area contributed by atoms with E-state index in [1.807, 2.05) is 67.8 Å². The summed E-state index contributed by atoms with van der Waals surface area (Å²) in [5.41, 5.74) is 2.62. The highest BCUT2D eigenvalue weighted by Gasteiger charge is 2.26. The van der Waals surface area contributed by atoms with E-state index in [2.05, 4.69) is 15.4 Å². The van der Waals surface area contributed by atoms with Gasteiger partial charge in [0.2, 0.25) is 0 Å². The monoisotopic (exact) mass is 446 g/mol. The summed E-state index contributed by atoms with van der Waals surface area (Å²) in [5, 5.41) is 9.52. The zero-order valence-corrected chi connectivity index (χ0v) is 18.6. The molecule has 0 amide bonds. The molecule has 1 aromatic carbocycles. The molecule has 32 heavy (non-hydrogen) atoms. The fourth-order valence-corrected chi connectivity index (χ4v) is 3.93. The third-order valence-electron chi connectivity index (χ3n) is 4.93. The van der Waals surface area contributed by atoms with Gasteiger partial charge in [0.05, 0.1) is 16.8 Å². The molecular formula is C24H22N4O3S. The normalized spacial score (nSPS) is 10.7. The summed E-state index contributed by atoms with van der Waals surface area (Å²) >= 11 is 1.44. The number of nitrogens with one attached hydrogen (secondary N) is 1. The van der Waals surface area contributed by atoms with Gasteiger partial charge in [-0.25, -0.2) is 9.48 Å². The summed E-state index contributed by atoms with van der Waals surface area (Å²) in [5.74, 6) is -0.617. The van der Waals surface area contributed by atoms with Gasteiger partial charge in [-0.15, -0.1) is 11.3 Å². The number of benzene rings is 1. The molecule has 0 fully saturated rings. The summed E-state index contributed by atoms with van der Waals surface area (Å²) in [6.07, 6.45) is 3.29. The number of aryl methyl sites for hydroxylation is 2. The third kappa shape index (κ3) is 4.45. The molecule has 4 rings (SSSR count). The van der Waals surface area contributed by atoms with Crippen LogP contribution in [0.5, 0.6) is 0 Å². The molecule has 7 nitrogen and oxygen atoms in total. The van der Waals surface area contributed by atoms with Crippen molar-refractivity contribution in [2.75, 3.05) is 5.32 Å². The van der Waals surface area contributed by atoms with Gasteiger partial charge in [-0.3, -0.25) is 9.78 Å². The second kappa shape index (κ2) is 9.57. The first-order valence-electron chi connectivity index (χ1n) is 10.2. The highest BCUT2D eigenvalue weighted by atomic mass is 32.1. The summed E-state index contributed by atoms with van der Waals surface area (Å²) in [6, 6.07) is 15.0. The molecule has 3 aromatic heterocycles. The summed E-state index contributed by atoms with van der Waals surface area (Å²) in [7, 11) is 0. The van der Waals surface area contributed by atoms with Crippen LogP contribution < -0.4 is 10.9 Å². The van der Waals surface area contributed by atoms with Crippen LogP contribution in [-0.2, 0) is 17.9 Å². The number of rotatable bonds is 7. The van der Waals surface area contributed by atoms with Crippen molar-refractivity contribution in [2.45, 2.75) is 27.0 Å². The number of esters is 1. The molecule has 1 N–H and O–H groups in total. The van der Waals surface area contributed by atoms with Crippen LogP contribution >= 0.6 is 11.3 Å². The van der Waals surface area contributed by atoms with Gasteiger partial charge in [-0.2, -0.15) is 5.10 Å². The van der Waals surface area contributed by atoms with Gasteiger partial charge >= 0.3 is 5.97 Å². The fourth-order valence-electron chi connectivity index (χ4n) is 3.21. The topological polar surface area (TPSA) is 86.1 Å². The maximum atomic E-state index is 13.3. The number of pyridine rings is 1. The number of nitrogens with zero attached hydrogens (tertiary/aromatic N) is 3. The Labute approximate surface area is 189 Å². The van der Waals surface area contributed by atoms with Crippen LogP contribution in [0.3, 0.4) is 0 Å². The van der Waals surface area contributed by atoms with Crippen molar-refractivity contribution in [3.05, 3.63) is 93.3 Å². The van der Waals surface area contributed by atoms with E-state index in [0.29, 0.717) is 17.9 Å². The Kier molecular flexibility index (Phi) is 6.42. The number of ether oxygens (including phenoxy) is 1. The van der Waals surface area contributed by atoms with Crippen molar-refractivity contribution in [2.24, 2.45) is 0 Å². The molecule has 3 heterocycles. The molecule has 4 aromatic rings. The Balaban J connectivity index is 1.84. The van der Waals surface area contributed by atoms with Crippen LogP contribution in [-0.4, -0.2) is 20.7 Å². The molecule has 0 aliphatic rings. The lowest BCUT2D eigenvalue weighted by Crippen LogP contribution is -2.29. The minimum Gasteiger partial charge on any atom is -0.457 e. The minimum atomic E-state index is -0.617. The van der Waals surface area contributed by atoms with Crippen molar-refractivity contribution in [3.63, 3.8) is 0 Å². The summed E-state index contributed by atoms with van der Waals surface area (Å²) < 4.78 is 6.96. The number of aromatic nitrogens is 3. The average Bonchev–Trinajstić information content (AvgIpc) is 3.35. The second-order valence-electron chi connectivity index (χ2n) is 7.07. The zero-order valence-electron chi connectivity index (χ0n) is 17.7. The lowest BCUT2D eigenvalue weighted by atomic mass is 10.1. The highest BCUT2D eigenvalue weighted by Crippen LogP contribution is 2.31. The Morgan fingerprint density at radius 2 is 1.97 bits per heavy atom. The van der Waals surface area contributed by atoms with E-state index in [4.69, 9.17) is 4.74 Å². The van der Waals surface area contributed by atoms with Crippen LogP contribution in [0.1, 0.15) is 28.4 Å². The first-order chi connectivity index (χ1) is 15.6. The van der Waals surface area contributed by atoms with Gasteiger partial charge in [0, 0.05) is 12.7 Å². The molecule has 0 radical (unpaired) electrons. The number of carbonyl (C=O) groups excluding carboxylic acids is 1. The van der Waals surface area contributed by atoms with Gasteiger partial charge in [0.25, 0.3) is 5.56 Å². The fraction of sp³-hybridized carbons (Fsp3) is 0.167. The van der Waals surface area contributed by atoms with E-state index >= 15 is 0 Å². The molecule has 0 aliphatic carbocycles. The molecular weight excluding hydrogens is 424 g/mol. The van der Waals surface area contributed by atoms with E-state index in [9.17, 15) is 9.59 Å². The highest BCUT2D eigenvalue weighted by molar-refractivity contribution is 7.13. The maximum Gasteiger partial charge on any atom is 0.343 e. The summed E-state index contributed by atoms with van der Waals surface area (Å²) in [4.78, 5) is 31.5. The van der Waals surface area contributed by atoms with Crippen molar-refractivity contribution in [1.82, 2.24) is 14.8 Å². The van der Waals surface area contributed by atoms with E-state index in [1.165, 1.54) is 16.0 Å². The van der Waals surface area contributed by atoms with E-state index in [-0.39, 0.29) is 17.9 Å². The first kappa shape index (κ1) is 21.5. The van der Waals surface area contributed by atoms with Crippen molar-refractivity contribution >= 4 is 28.7 Å². The predicted molar refractivity (Wildman–Crippen MR) is 125 cm³/mol. The second-order valence-corrected chi connectivity index (χ2v) is 8.02. The van der Waals surface area contributed by atoms with Crippen LogP contribution in [0.25, 0.3) is 10.6 Å². The molecule has 0 unspecified atom stereocenters. The van der Waals surface area contributed by atoms with Crippen LogP contribution in [0, 0.1) is 6.92 Å². The van der Waals surface area contributed by atoms with E-state index in [1.54, 1.807) is 12.4 Å². The Bertz CT molecular complexity index is 1280. The first-order valence-corrected chi connectivity index (χ1v) is 11.0. The average molecular weight is 447 g/mol. The standard InChI is InChI=1S/C24H22N4O3S/c1-3-28-23(29)22(26-18-14-25-12-11-16(18)2)20(21(27-28)19-10-7-13-32-19)24(30)31-15-17-8-5-4-6-9-17/h4-14,26H,3,15H2,1-2H3. The third-order valence-corrected chi connectivity index (χ3v) is 5.80. The smallest absolute Gasteiger partial charge is 0.343 e. The van der Waals surface area contributed by atoms with Gasteiger partial charge in [0.1, 0.15) is 23.6 Å². The molecule has 8 heteroatoms. The lowest BCUT2D eigenvalue weighted by molar-refractivity contribution is 0.0474. The largest absolute Gasteiger partial charge is 0.457 e. The quantitative estimate of drug-likeness (QED) is 0.411. The number of thiophene rings is 1. The molecule has 0 atom stereocenters. The molecule has 0 saturated carbocycles. The number of carbonyl (C=O) groups is 1. The van der Waals surface area contributed by atoms with Gasteiger partial charge in [-0.05, 0) is 42.5 Å².